The van der Waals surface area contributed by atoms with E-state index in [1.807, 2.05) is 6.92 Å². The van der Waals surface area contributed by atoms with Gasteiger partial charge in [-0.05, 0) is 24.6 Å². The molecule has 0 bridgehead atoms. The van der Waals surface area contributed by atoms with Gasteiger partial charge in [-0.15, -0.1) is 0 Å². The topological polar surface area (TPSA) is 87.7 Å². The summed E-state index contributed by atoms with van der Waals surface area (Å²) in [5, 5.41) is 6.03. The van der Waals surface area contributed by atoms with E-state index >= 15 is 0 Å². The number of hydrogen-bond acceptors (Lipinski definition) is 4. The van der Waals surface area contributed by atoms with Crippen LogP contribution in [-0.4, -0.2) is 23.6 Å². The average Bonchev–Trinajstić information content (AvgIpc) is 2.69. The van der Waals surface area contributed by atoms with E-state index in [1.165, 1.54) is 12.4 Å². The maximum Gasteiger partial charge on any atom is 0.266 e. The Labute approximate surface area is 92.8 Å². The van der Waals surface area contributed by atoms with Gasteiger partial charge in [0.1, 0.15) is 10.7 Å². The van der Waals surface area contributed by atoms with Crippen LogP contribution in [0.4, 0.5) is 5.82 Å². The van der Waals surface area contributed by atoms with Crippen LogP contribution in [0.1, 0.15) is 5.56 Å². The lowest BCUT2D eigenvalue weighted by Crippen LogP contribution is -2.13. The molecule has 0 aliphatic heterocycles. The minimum Gasteiger partial charge on any atom is -0.284 e. The van der Waals surface area contributed by atoms with E-state index in [0.29, 0.717) is 5.82 Å². The van der Waals surface area contributed by atoms with E-state index in [0.717, 1.165) is 5.56 Å². The summed E-state index contributed by atoms with van der Waals surface area (Å²) >= 11 is 0. The largest absolute Gasteiger partial charge is 0.284 e. The first-order valence-corrected chi connectivity index (χ1v) is 6.00. The van der Waals surface area contributed by atoms with Gasteiger partial charge in [0.05, 0.1) is 6.20 Å². The highest BCUT2D eigenvalue weighted by Gasteiger charge is 2.15. The van der Waals surface area contributed by atoms with Gasteiger partial charge in [-0.2, -0.15) is 5.10 Å². The van der Waals surface area contributed by atoms with Crippen molar-refractivity contribution in [3.05, 3.63) is 36.3 Å². The summed E-state index contributed by atoms with van der Waals surface area (Å²) in [6, 6.07) is 3.44. The van der Waals surface area contributed by atoms with Crippen molar-refractivity contribution in [1.82, 2.24) is 15.2 Å². The van der Waals surface area contributed by atoms with Gasteiger partial charge in [0.2, 0.25) is 0 Å². The van der Waals surface area contributed by atoms with Crippen LogP contribution in [0.15, 0.2) is 35.6 Å². The van der Waals surface area contributed by atoms with Crippen molar-refractivity contribution in [3.63, 3.8) is 0 Å². The van der Waals surface area contributed by atoms with Crippen molar-refractivity contribution < 1.29 is 8.42 Å². The maximum atomic E-state index is 11.8. The lowest BCUT2D eigenvalue weighted by Gasteiger charge is -2.05. The molecule has 0 atom stereocenters. The Balaban J connectivity index is 2.29. The first-order chi connectivity index (χ1) is 7.58. The molecule has 16 heavy (non-hydrogen) atoms. The first kappa shape index (κ1) is 10.6. The van der Waals surface area contributed by atoms with Gasteiger partial charge < -0.3 is 0 Å². The fraction of sp³-hybridized carbons (Fsp3) is 0.111. The second kappa shape index (κ2) is 3.93. The molecule has 2 rings (SSSR count). The van der Waals surface area contributed by atoms with Gasteiger partial charge in [-0.25, -0.2) is 13.4 Å². The second-order valence-electron chi connectivity index (χ2n) is 3.26. The smallest absolute Gasteiger partial charge is 0.266 e. The molecule has 6 nitrogen and oxygen atoms in total. The molecule has 0 unspecified atom stereocenters. The molecule has 7 heteroatoms. The van der Waals surface area contributed by atoms with E-state index in [2.05, 4.69) is 19.9 Å². The molecule has 0 fully saturated rings. The minimum atomic E-state index is -3.59. The maximum absolute atomic E-state index is 11.8. The van der Waals surface area contributed by atoms with Gasteiger partial charge in [-0.1, -0.05) is 0 Å². The number of anilines is 1. The number of hydrogen-bond donors (Lipinski definition) is 2. The summed E-state index contributed by atoms with van der Waals surface area (Å²) in [5.74, 6) is 0.293. The zero-order chi connectivity index (χ0) is 11.6. The highest BCUT2D eigenvalue weighted by atomic mass is 32.2. The van der Waals surface area contributed by atoms with Crippen LogP contribution in [0.5, 0.6) is 0 Å². The number of aryl methyl sites for hydroxylation is 1. The quantitative estimate of drug-likeness (QED) is 0.832. The summed E-state index contributed by atoms with van der Waals surface area (Å²) < 4.78 is 25.9. The second-order valence-corrected chi connectivity index (χ2v) is 4.94. The molecule has 0 radical (unpaired) electrons. The number of nitrogens with zero attached hydrogens (tertiary/aromatic N) is 2. The van der Waals surface area contributed by atoms with Gasteiger partial charge in [0.15, 0.2) is 0 Å². The third kappa shape index (κ3) is 2.19. The van der Waals surface area contributed by atoms with Crippen molar-refractivity contribution in [1.29, 1.82) is 0 Å². The normalized spacial score (nSPS) is 11.3. The van der Waals surface area contributed by atoms with Gasteiger partial charge in [-0.3, -0.25) is 9.82 Å². The first-order valence-electron chi connectivity index (χ1n) is 4.52. The van der Waals surface area contributed by atoms with Crippen molar-refractivity contribution in [2.45, 2.75) is 11.8 Å². The Bertz CT molecular complexity index is 577. The molecule has 2 heterocycles. The summed E-state index contributed by atoms with van der Waals surface area (Å²) in [5.41, 5.74) is 0.930. The van der Waals surface area contributed by atoms with Crippen molar-refractivity contribution >= 4 is 15.8 Å². The minimum absolute atomic E-state index is 0.0795. The van der Waals surface area contributed by atoms with Crippen LogP contribution in [0.3, 0.4) is 0 Å². The van der Waals surface area contributed by atoms with E-state index < -0.39 is 10.0 Å². The predicted octanol–water partition coefficient (Wildman–Crippen LogP) is 0.914. The molecule has 2 N–H and O–H groups in total. The Hall–Kier alpha value is -1.89. The standard InChI is InChI=1S/C9H10N4O2S/c1-7-2-3-10-9(4-7)13-16(14,15)8-5-11-12-6-8/h2-6H,1H3,(H,10,13)(H,11,12). The van der Waals surface area contributed by atoms with E-state index in [1.54, 1.807) is 18.3 Å². The summed E-state index contributed by atoms with van der Waals surface area (Å²) in [6.07, 6.45) is 4.08. The third-order valence-electron chi connectivity index (χ3n) is 1.94. The number of sulfonamides is 1. The Morgan fingerprint density at radius 1 is 1.44 bits per heavy atom. The van der Waals surface area contributed by atoms with E-state index in [-0.39, 0.29) is 4.90 Å². The molecule has 0 aliphatic rings. The highest BCUT2D eigenvalue weighted by molar-refractivity contribution is 7.92. The van der Waals surface area contributed by atoms with Crippen LogP contribution in [0, 0.1) is 6.92 Å². The highest BCUT2D eigenvalue weighted by Crippen LogP contribution is 2.12. The van der Waals surface area contributed by atoms with Crippen LogP contribution < -0.4 is 4.72 Å². The molecule has 84 valence electrons. The number of rotatable bonds is 3. The number of nitrogens with one attached hydrogen (secondary N) is 2. The molecular formula is C9H10N4O2S. The third-order valence-corrected chi connectivity index (χ3v) is 3.26. The summed E-state index contributed by atoms with van der Waals surface area (Å²) in [6.45, 7) is 1.86. The monoisotopic (exact) mass is 238 g/mol. The molecule has 0 aliphatic carbocycles. The van der Waals surface area contributed by atoms with Gasteiger partial charge in [0.25, 0.3) is 10.0 Å². The number of pyridine rings is 1. The zero-order valence-corrected chi connectivity index (χ0v) is 9.32. The number of H-pyrrole nitrogens is 1. The number of aromatic nitrogens is 3. The summed E-state index contributed by atoms with van der Waals surface area (Å²) in [7, 11) is -3.59. The molecule has 2 aromatic rings. The Morgan fingerprint density at radius 3 is 2.88 bits per heavy atom. The summed E-state index contributed by atoms with van der Waals surface area (Å²) in [4.78, 5) is 3.99. The Kier molecular flexibility index (Phi) is 2.61. The average molecular weight is 238 g/mol. The zero-order valence-electron chi connectivity index (χ0n) is 8.51. The molecule has 0 amide bonds. The lowest BCUT2D eigenvalue weighted by atomic mass is 10.3. The van der Waals surface area contributed by atoms with Crippen molar-refractivity contribution in [2.75, 3.05) is 4.72 Å². The van der Waals surface area contributed by atoms with E-state index in [9.17, 15) is 8.42 Å². The molecule has 0 spiro atoms. The van der Waals surface area contributed by atoms with Gasteiger partial charge >= 0.3 is 0 Å². The Morgan fingerprint density at radius 2 is 2.25 bits per heavy atom. The fourth-order valence-corrected chi connectivity index (χ4v) is 2.08. The van der Waals surface area contributed by atoms with Crippen LogP contribution in [0.25, 0.3) is 0 Å². The van der Waals surface area contributed by atoms with Crippen LogP contribution in [0.2, 0.25) is 0 Å². The molecule has 0 saturated carbocycles. The number of aromatic amines is 1. The van der Waals surface area contributed by atoms with Gasteiger partial charge in [0, 0.05) is 12.4 Å². The van der Waals surface area contributed by atoms with Crippen molar-refractivity contribution in [3.8, 4) is 0 Å². The molecule has 2 aromatic heterocycles. The van der Waals surface area contributed by atoms with Crippen LogP contribution in [-0.2, 0) is 10.0 Å². The van der Waals surface area contributed by atoms with Crippen molar-refractivity contribution in [2.24, 2.45) is 0 Å². The SMILES string of the molecule is Cc1ccnc(NS(=O)(=O)c2cn[nH]c2)c1. The lowest BCUT2D eigenvalue weighted by molar-refractivity contribution is 0.601. The predicted molar refractivity (Wildman–Crippen MR) is 58.4 cm³/mol. The molecule has 0 saturated heterocycles. The molecule has 0 aromatic carbocycles. The van der Waals surface area contributed by atoms with E-state index in [4.69, 9.17) is 0 Å². The van der Waals surface area contributed by atoms with Crippen LogP contribution >= 0.6 is 0 Å². The molecular weight excluding hydrogens is 228 g/mol. The fourth-order valence-electron chi connectivity index (χ4n) is 1.17.